The summed E-state index contributed by atoms with van der Waals surface area (Å²) in [5.41, 5.74) is 4.03. The van der Waals surface area contributed by atoms with Gasteiger partial charge in [-0.3, -0.25) is 0 Å². The lowest BCUT2D eigenvalue weighted by Crippen LogP contribution is -2.34. The van der Waals surface area contributed by atoms with Crippen molar-refractivity contribution < 1.29 is 0 Å². The van der Waals surface area contributed by atoms with Gasteiger partial charge in [0, 0.05) is 30.0 Å². The Morgan fingerprint density at radius 2 is 2.20 bits per heavy atom. The molecule has 2 rings (SSSR count). The molecule has 1 aromatic carbocycles. The van der Waals surface area contributed by atoms with Crippen LogP contribution >= 0.6 is 23.2 Å². The molecule has 0 saturated heterocycles. The van der Waals surface area contributed by atoms with Crippen LogP contribution in [0.15, 0.2) is 18.2 Å². The number of hydrogen-bond donors (Lipinski definition) is 0. The van der Waals surface area contributed by atoms with E-state index in [2.05, 4.69) is 30.0 Å². The number of fused-ring (bicyclic) bond motifs is 1. The summed E-state index contributed by atoms with van der Waals surface area (Å²) in [6.07, 6.45) is 1.05. The van der Waals surface area contributed by atoms with E-state index in [1.165, 1.54) is 16.8 Å². The molecule has 0 fully saturated rings. The molecule has 1 nitrogen and oxygen atoms in total. The minimum atomic E-state index is 0.419. The lowest BCUT2D eigenvalue weighted by atomic mass is 10.1. The highest BCUT2D eigenvalue weighted by Gasteiger charge is 2.27. The van der Waals surface area contributed by atoms with Crippen LogP contribution in [-0.2, 0) is 6.42 Å². The van der Waals surface area contributed by atoms with Crippen molar-refractivity contribution >= 4 is 28.9 Å². The van der Waals surface area contributed by atoms with Crippen molar-refractivity contribution in [2.45, 2.75) is 19.4 Å². The van der Waals surface area contributed by atoms with Crippen LogP contribution in [0.3, 0.4) is 0 Å². The Morgan fingerprint density at radius 3 is 2.87 bits per heavy atom. The molecule has 1 aliphatic rings. The van der Waals surface area contributed by atoms with Crippen LogP contribution in [0.25, 0.3) is 0 Å². The van der Waals surface area contributed by atoms with Gasteiger partial charge in [-0.15, -0.1) is 23.2 Å². The van der Waals surface area contributed by atoms with E-state index < -0.39 is 0 Å². The van der Waals surface area contributed by atoms with E-state index in [1.807, 2.05) is 0 Å². The van der Waals surface area contributed by atoms with E-state index in [9.17, 15) is 0 Å². The molecule has 3 heteroatoms. The van der Waals surface area contributed by atoms with Gasteiger partial charge in [0.15, 0.2) is 0 Å². The second-order valence-electron chi connectivity index (χ2n) is 4.03. The summed E-state index contributed by atoms with van der Waals surface area (Å²) in [6.45, 7) is 3.01. The van der Waals surface area contributed by atoms with Crippen molar-refractivity contribution in [1.29, 1.82) is 0 Å². The van der Waals surface area contributed by atoms with Crippen molar-refractivity contribution in [3.8, 4) is 0 Å². The highest BCUT2D eigenvalue weighted by Crippen LogP contribution is 2.33. The molecule has 0 amide bonds. The van der Waals surface area contributed by atoms with Crippen molar-refractivity contribution in [3.63, 3.8) is 0 Å². The lowest BCUT2D eigenvalue weighted by molar-refractivity contribution is 0.698. The quantitative estimate of drug-likeness (QED) is 0.738. The van der Waals surface area contributed by atoms with Gasteiger partial charge in [-0.05, 0) is 25.0 Å². The van der Waals surface area contributed by atoms with Crippen LogP contribution in [0.5, 0.6) is 0 Å². The lowest BCUT2D eigenvalue weighted by Gasteiger charge is -2.25. The number of hydrogen-bond acceptors (Lipinski definition) is 1. The van der Waals surface area contributed by atoms with Crippen molar-refractivity contribution in [3.05, 3.63) is 29.3 Å². The molecule has 1 heterocycles. The highest BCUT2D eigenvalue weighted by atomic mass is 35.5. The zero-order chi connectivity index (χ0) is 10.8. The third-order valence-corrected chi connectivity index (χ3v) is 3.47. The fourth-order valence-electron chi connectivity index (χ4n) is 2.25. The number of benzene rings is 1. The fraction of sp³-hybridized carbons (Fsp3) is 0.500. The van der Waals surface area contributed by atoms with Gasteiger partial charge in [0.2, 0.25) is 0 Å². The second kappa shape index (κ2) is 4.63. The molecule has 15 heavy (non-hydrogen) atoms. The van der Waals surface area contributed by atoms with Crippen LogP contribution < -0.4 is 4.90 Å². The molecule has 0 bridgehead atoms. The molecule has 0 aromatic heterocycles. The van der Waals surface area contributed by atoms with Crippen LogP contribution in [0.1, 0.15) is 11.1 Å². The molecule has 1 atom stereocenters. The normalized spacial score (nSPS) is 19.4. The van der Waals surface area contributed by atoms with Crippen molar-refractivity contribution in [2.75, 3.05) is 23.2 Å². The first-order chi connectivity index (χ1) is 7.26. The van der Waals surface area contributed by atoms with Gasteiger partial charge in [0.25, 0.3) is 0 Å². The summed E-state index contributed by atoms with van der Waals surface area (Å²) < 4.78 is 0. The van der Waals surface area contributed by atoms with Crippen LogP contribution in [0.4, 0.5) is 5.69 Å². The van der Waals surface area contributed by atoms with Gasteiger partial charge in [0.05, 0.1) is 0 Å². The van der Waals surface area contributed by atoms with Crippen LogP contribution in [-0.4, -0.2) is 24.3 Å². The summed E-state index contributed by atoms with van der Waals surface area (Å²) in [5.74, 6) is 1.32. The minimum Gasteiger partial charge on any atom is -0.366 e. The maximum Gasteiger partial charge on any atom is 0.0467 e. The van der Waals surface area contributed by atoms with Gasteiger partial charge >= 0.3 is 0 Å². The Balaban J connectivity index is 2.31. The smallest absolute Gasteiger partial charge is 0.0467 e. The van der Waals surface area contributed by atoms with Gasteiger partial charge < -0.3 is 4.90 Å². The molecule has 0 radical (unpaired) electrons. The predicted molar refractivity (Wildman–Crippen MR) is 67.5 cm³/mol. The van der Waals surface area contributed by atoms with Gasteiger partial charge in [0.1, 0.15) is 0 Å². The zero-order valence-electron chi connectivity index (χ0n) is 8.84. The number of rotatable bonds is 3. The third kappa shape index (κ3) is 2.09. The number of halogens is 2. The predicted octanol–water partition coefficient (Wildman–Crippen LogP) is 3.20. The Kier molecular flexibility index (Phi) is 3.42. The second-order valence-corrected chi connectivity index (χ2v) is 4.71. The number of aryl methyl sites for hydroxylation is 1. The standard InChI is InChI=1S/C12H15Cl2N/c1-9-2-3-12-10(6-9)7-11(8-14)15(12)5-4-13/h2-3,6,11H,4-5,7-8H2,1H3. The topological polar surface area (TPSA) is 3.24 Å². The molecule has 0 aliphatic carbocycles. The number of anilines is 1. The van der Waals surface area contributed by atoms with Crippen molar-refractivity contribution in [1.82, 2.24) is 0 Å². The highest BCUT2D eigenvalue weighted by molar-refractivity contribution is 6.19. The molecular formula is C12H15Cl2N. The summed E-state index contributed by atoms with van der Waals surface area (Å²) in [5, 5.41) is 0. The van der Waals surface area contributed by atoms with E-state index in [0.29, 0.717) is 17.8 Å². The monoisotopic (exact) mass is 243 g/mol. The van der Waals surface area contributed by atoms with E-state index >= 15 is 0 Å². The first-order valence-corrected chi connectivity index (χ1v) is 6.31. The van der Waals surface area contributed by atoms with E-state index in [0.717, 1.165) is 13.0 Å². The minimum absolute atomic E-state index is 0.419. The van der Waals surface area contributed by atoms with Crippen molar-refractivity contribution in [2.24, 2.45) is 0 Å². The first kappa shape index (κ1) is 11.1. The van der Waals surface area contributed by atoms with Gasteiger partial charge in [-0.1, -0.05) is 17.7 Å². The summed E-state index contributed by atoms with van der Waals surface area (Å²) in [6, 6.07) is 7.01. The fourth-order valence-corrected chi connectivity index (χ4v) is 2.71. The summed E-state index contributed by atoms with van der Waals surface area (Å²) in [7, 11) is 0. The maximum atomic E-state index is 5.98. The van der Waals surface area contributed by atoms with Crippen LogP contribution in [0, 0.1) is 6.92 Å². The third-order valence-electron chi connectivity index (χ3n) is 2.94. The molecular weight excluding hydrogens is 229 g/mol. The molecule has 0 N–H and O–H groups in total. The maximum absolute atomic E-state index is 5.98. The van der Waals surface area contributed by atoms with Gasteiger partial charge in [-0.2, -0.15) is 0 Å². The molecule has 1 aliphatic heterocycles. The summed E-state index contributed by atoms with van der Waals surface area (Å²) >= 11 is 11.8. The Hall–Kier alpha value is -0.400. The average molecular weight is 244 g/mol. The molecule has 82 valence electrons. The largest absolute Gasteiger partial charge is 0.366 e. The summed E-state index contributed by atoms with van der Waals surface area (Å²) in [4.78, 5) is 2.33. The SMILES string of the molecule is Cc1ccc2c(c1)CC(CCl)N2CCCl. The molecule has 0 saturated carbocycles. The Morgan fingerprint density at radius 1 is 1.40 bits per heavy atom. The zero-order valence-corrected chi connectivity index (χ0v) is 10.4. The van der Waals surface area contributed by atoms with Gasteiger partial charge in [-0.25, -0.2) is 0 Å². The molecule has 1 aromatic rings. The van der Waals surface area contributed by atoms with E-state index in [4.69, 9.17) is 23.2 Å². The van der Waals surface area contributed by atoms with Crippen LogP contribution in [0.2, 0.25) is 0 Å². The van der Waals surface area contributed by atoms with E-state index in [-0.39, 0.29) is 0 Å². The number of alkyl halides is 2. The van der Waals surface area contributed by atoms with E-state index in [1.54, 1.807) is 0 Å². The first-order valence-electron chi connectivity index (χ1n) is 5.24. The Bertz CT molecular complexity index is 351. The molecule has 1 unspecified atom stereocenters. The average Bonchev–Trinajstić information content (AvgIpc) is 2.56. The number of nitrogens with zero attached hydrogens (tertiary/aromatic N) is 1. The Labute approximate surface area is 101 Å². The molecule has 0 spiro atoms.